The van der Waals surface area contributed by atoms with Crippen molar-refractivity contribution in [1.29, 1.82) is 0 Å². The van der Waals surface area contributed by atoms with Crippen LogP contribution in [0.2, 0.25) is 0 Å². The molecule has 118 valence electrons. The molecule has 0 saturated carbocycles. The fourth-order valence-corrected chi connectivity index (χ4v) is 2.92. The van der Waals surface area contributed by atoms with Crippen LogP contribution < -0.4 is 5.32 Å². The molecule has 1 saturated heterocycles. The van der Waals surface area contributed by atoms with Gasteiger partial charge in [-0.2, -0.15) is 5.10 Å². The summed E-state index contributed by atoms with van der Waals surface area (Å²) in [4.78, 5) is 14.9. The molecule has 1 aliphatic rings. The van der Waals surface area contributed by atoms with Gasteiger partial charge in [0.2, 0.25) is 0 Å². The third kappa shape index (κ3) is 3.64. The van der Waals surface area contributed by atoms with E-state index in [0.717, 1.165) is 44.6 Å². The second kappa shape index (κ2) is 7.07. The fraction of sp³-hybridized carbons (Fsp3) is 0.750. The summed E-state index contributed by atoms with van der Waals surface area (Å²) in [5.41, 5.74) is 1.68. The number of hydrogen-bond donors (Lipinski definition) is 1. The minimum atomic E-state index is 0.0250. The number of nitrogens with one attached hydrogen (secondary N) is 1. The molecule has 0 bridgehead atoms. The molecule has 1 aliphatic heterocycles. The summed E-state index contributed by atoms with van der Waals surface area (Å²) in [5, 5.41) is 7.55. The third-order valence-corrected chi connectivity index (χ3v) is 4.67. The molecular formula is C16H28N4O. The summed E-state index contributed by atoms with van der Waals surface area (Å²) in [5.74, 6) is 0.0250. The van der Waals surface area contributed by atoms with E-state index in [1.165, 1.54) is 0 Å². The Bertz CT molecular complexity index is 475. The molecule has 5 heteroatoms. The van der Waals surface area contributed by atoms with Gasteiger partial charge in [-0.3, -0.25) is 9.48 Å². The van der Waals surface area contributed by atoms with Crippen molar-refractivity contribution in [2.75, 3.05) is 19.6 Å². The first-order valence-electron chi connectivity index (χ1n) is 8.14. The number of likely N-dealkylation sites (tertiary alicyclic amines) is 1. The van der Waals surface area contributed by atoms with Crippen molar-refractivity contribution in [1.82, 2.24) is 20.0 Å². The molecular weight excluding hydrogens is 264 g/mol. The Morgan fingerprint density at radius 2 is 2.10 bits per heavy atom. The lowest BCUT2D eigenvalue weighted by Crippen LogP contribution is -2.44. The van der Waals surface area contributed by atoms with Crippen LogP contribution in [0, 0.1) is 6.92 Å². The van der Waals surface area contributed by atoms with Crippen LogP contribution in [0.25, 0.3) is 0 Å². The summed E-state index contributed by atoms with van der Waals surface area (Å²) >= 11 is 0. The zero-order valence-corrected chi connectivity index (χ0v) is 13.7. The predicted molar refractivity (Wildman–Crippen MR) is 84.6 cm³/mol. The van der Waals surface area contributed by atoms with E-state index in [4.69, 9.17) is 0 Å². The Morgan fingerprint density at radius 1 is 1.43 bits per heavy atom. The van der Waals surface area contributed by atoms with Crippen LogP contribution in [0.3, 0.4) is 0 Å². The maximum Gasteiger partial charge on any atom is 0.254 e. The zero-order chi connectivity index (χ0) is 15.4. The van der Waals surface area contributed by atoms with E-state index in [1.807, 2.05) is 11.6 Å². The highest BCUT2D eigenvalue weighted by atomic mass is 16.1. The summed E-state index contributed by atoms with van der Waals surface area (Å²) in [6, 6.07) is 0.631. The van der Waals surface area contributed by atoms with Gasteiger partial charge in [0.15, 0.2) is 0 Å². The molecule has 1 aromatic rings. The number of rotatable bonds is 5. The van der Waals surface area contributed by atoms with Crippen molar-refractivity contribution < 1.29 is 4.79 Å². The highest BCUT2D eigenvalue weighted by Gasteiger charge is 2.22. The van der Waals surface area contributed by atoms with Gasteiger partial charge >= 0.3 is 0 Å². The Labute approximate surface area is 127 Å². The highest BCUT2D eigenvalue weighted by Crippen LogP contribution is 2.17. The Kier molecular flexibility index (Phi) is 5.39. The zero-order valence-electron chi connectivity index (χ0n) is 13.7. The highest BCUT2D eigenvalue weighted by molar-refractivity contribution is 5.95. The lowest BCUT2D eigenvalue weighted by Gasteiger charge is -2.31. The lowest BCUT2D eigenvalue weighted by molar-refractivity contribution is 0.0912. The van der Waals surface area contributed by atoms with E-state index in [2.05, 4.69) is 36.1 Å². The van der Waals surface area contributed by atoms with Crippen LogP contribution in [0.5, 0.6) is 0 Å². The van der Waals surface area contributed by atoms with Crippen molar-refractivity contribution >= 4 is 5.91 Å². The Morgan fingerprint density at radius 3 is 2.67 bits per heavy atom. The van der Waals surface area contributed by atoms with Gasteiger partial charge in [0, 0.05) is 30.9 Å². The molecule has 5 nitrogen and oxygen atoms in total. The van der Waals surface area contributed by atoms with E-state index in [9.17, 15) is 4.79 Å². The molecule has 0 spiro atoms. The van der Waals surface area contributed by atoms with Gasteiger partial charge in [0.25, 0.3) is 5.91 Å². The largest absolute Gasteiger partial charge is 0.349 e. The van der Waals surface area contributed by atoms with Crippen molar-refractivity contribution in [2.24, 2.45) is 0 Å². The van der Waals surface area contributed by atoms with Crippen LogP contribution in [0.1, 0.15) is 62.1 Å². The van der Waals surface area contributed by atoms with E-state index in [1.54, 1.807) is 6.20 Å². The Hall–Kier alpha value is -1.36. The van der Waals surface area contributed by atoms with Crippen molar-refractivity contribution in [2.45, 2.75) is 59.0 Å². The summed E-state index contributed by atoms with van der Waals surface area (Å²) in [7, 11) is 0. The van der Waals surface area contributed by atoms with Gasteiger partial charge in [-0.05, 0) is 39.7 Å². The van der Waals surface area contributed by atoms with E-state index in [0.29, 0.717) is 17.6 Å². The molecule has 0 radical (unpaired) electrons. The number of carbonyl (C=O) groups is 1. The van der Waals surface area contributed by atoms with Crippen molar-refractivity contribution in [3.63, 3.8) is 0 Å². The molecule has 1 atom stereocenters. The summed E-state index contributed by atoms with van der Waals surface area (Å²) in [6.07, 6.45) is 4.80. The van der Waals surface area contributed by atoms with Gasteiger partial charge in [-0.1, -0.05) is 13.8 Å². The molecule has 0 unspecified atom stereocenters. The average Bonchev–Trinajstić information content (AvgIpc) is 2.89. The standard InChI is InChI=1S/C16H28N4O/c1-5-12(3)20-13(4)15(11-17-20)16(21)18-14-7-9-19(6-2)10-8-14/h11-12,14H,5-10H2,1-4H3,(H,18,21)/t12-/m0/s1. The van der Waals surface area contributed by atoms with Crippen LogP contribution in [0.4, 0.5) is 0 Å². The molecule has 0 aliphatic carbocycles. The number of hydrogen-bond acceptors (Lipinski definition) is 3. The topological polar surface area (TPSA) is 50.2 Å². The maximum atomic E-state index is 12.4. The smallest absolute Gasteiger partial charge is 0.254 e. The predicted octanol–water partition coefficient (Wildman–Crippen LogP) is 2.38. The first-order chi connectivity index (χ1) is 10.1. The van der Waals surface area contributed by atoms with E-state index < -0.39 is 0 Å². The van der Waals surface area contributed by atoms with Crippen LogP contribution in [0.15, 0.2) is 6.20 Å². The molecule has 2 rings (SSSR count). The SMILES string of the molecule is CC[C@H](C)n1ncc(C(=O)NC2CCN(CC)CC2)c1C. The number of piperidine rings is 1. The maximum absolute atomic E-state index is 12.4. The van der Waals surface area contributed by atoms with Crippen LogP contribution in [-0.4, -0.2) is 46.3 Å². The molecule has 21 heavy (non-hydrogen) atoms. The second-order valence-electron chi connectivity index (χ2n) is 6.03. The number of nitrogens with zero attached hydrogens (tertiary/aromatic N) is 3. The monoisotopic (exact) mass is 292 g/mol. The first-order valence-corrected chi connectivity index (χ1v) is 8.14. The van der Waals surface area contributed by atoms with Gasteiger partial charge in [-0.15, -0.1) is 0 Å². The van der Waals surface area contributed by atoms with Gasteiger partial charge in [0.1, 0.15) is 0 Å². The van der Waals surface area contributed by atoms with E-state index in [-0.39, 0.29) is 5.91 Å². The van der Waals surface area contributed by atoms with Crippen molar-refractivity contribution in [3.8, 4) is 0 Å². The minimum absolute atomic E-state index is 0.0250. The van der Waals surface area contributed by atoms with Crippen molar-refractivity contribution in [3.05, 3.63) is 17.5 Å². The van der Waals surface area contributed by atoms with E-state index >= 15 is 0 Å². The third-order valence-electron chi connectivity index (χ3n) is 4.67. The first kappa shape index (κ1) is 16.0. The Balaban J connectivity index is 1.96. The van der Waals surface area contributed by atoms with Crippen LogP contribution in [-0.2, 0) is 0 Å². The van der Waals surface area contributed by atoms with Gasteiger partial charge in [-0.25, -0.2) is 0 Å². The number of aromatic nitrogens is 2. The summed E-state index contributed by atoms with van der Waals surface area (Å²) < 4.78 is 1.95. The molecule has 0 aromatic carbocycles. The fourth-order valence-electron chi connectivity index (χ4n) is 2.92. The average molecular weight is 292 g/mol. The lowest BCUT2D eigenvalue weighted by atomic mass is 10.0. The number of carbonyl (C=O) groups excluding carboxylic acids is 1. The minimum Gasteiger partial charge on any atom is -0.349 e. The van der Waals surface area contributed by atoms with Gasteiger partial charge < -0.3 is 10.2 Å². The summed E-state index contributed by atoms with van der Waals surface area (Å²) in [6.45, 7) is 11.7. The molecule has 1 amide bonds. The number of amides is 1. The molecule has 2 heterocycles. The van der Waals surface area contributed by atoms with Crippen LogP contribution >= 0.6 is 0 Å². The normalized spacial score (nSPS) is 18.7. The molecule has 1 N–H and O–H groups in total. The molecule has 1 aromatic heterocycles. The second-order valence-corrected chi connectivity index (χ2v) is 6.03. The molecule has 1 fully saturated rings. The van der Waals surface area contributed by atoms with Gasteiger partial charge in [0.05, 0.1) is 11.8 Å². The quantitative estimate of drug-likeness (QED) is 0.906.